The van der Waals surface area contributed by atoms with E-state index < -0.39 is 18.1 Å². The monoisotopic (exact) mass is 578 g/mol. The van der Waals surface area contributed by atoms with Crippen LogP contribution in [0.5, 0.6) is 28.9 Å². The van der Waals surface area contributed by atoms with Crippen LogP contribution in [0.1, 0.15) is 16.7 Å². The summed E-state index contributed by atoms with van der Waals surface area (Å²) in [7, 11) is 0. The molecule has 42 heavy (non-hydrogen) atoms. The highest BCUT2D eigenvalue weighted by molar-refractivity contribution is 6.00. The van der Waals surface area contributed by atoms with Gasteiger partial charge in [-0.15, -0.1) is 13.2 Å². The summed E-state index contributed by atoms with van der Waals surface area (Å²) in [5.41, 5.74) is 3.95. The molecule has 216 valence electrons. The molecule has 0 spiro atoms. The number of pyridine rings is 1. The lowest BCUT2D eigenvalue weighted by Crippen LogP contribution is -2.30. The molecule has 12 heteroatoms. The Morgan fingerprint density at radius 1 is 0.976 bits per heavy atom. The Morgan fingerprint density at radius 3 is 2.64 bits per heavy atom. The smallest absolute Gasteiger partial charge is 0.454 e. The summed E-state index contributed by atoms with van der Waals surface area (Å²) in [6.45, 7) is 2.57. The van der Waals surface area contributed by atoms with Crippen LogP contribution in [-0.4, -0.2) is 35.6 Å². The number of alkyl halides is 3. The minimum absolute atomic E-state index is 0.206. The number of amides is 2. The maximum atomic E-state index is 12.6. The number of urea groups is 1. The van der Waals surface area contributed by atoms with Crippen LogP contribution in [0.25, 0.3) is 0 Å². The topological polar surface area (TPSA) is 94.2 Å². The van der Waals surface area contributed by atoms with Crippen molar-refractivity contribution >= 4 is 17.4 Å². The van der Waals surface area contributed by atoms with Gasteiger partial charge in [-0.1, -0.05) is 18.2 Å². The van der Waals surface area contributed by atoms with Gasteiger partial charge in [0.25, 0.3) is 0 Å². The lowest BCUT2D eigenvalue weighted by molar-refractivity contribution is -0.274. The second kappa shape index (κ2) is 11.5. The number of nitrogens with zero attached hydrogens (tertiary/aromatic N) is 2. The molecule has 0 fully saturated rings. The molecule has 2 aliphatic rings. The highest BCUT2D eigenvalue weighted by atomic mass is 19.4. The summed E-state index contributed by atoms with van der Waals surface area (Å²) in [6, 6.07) is 19.4. The highest BCUT2D eigenvalue weighted by Crippen LogP contribution is 2.36. The van der Waals surface area contributed by atoms with E-state index in [1.807, 2.05) is 30.3 Å². The highest BCUT2D eigenvalue weighted by Gasteiger charge is 2.31. The van der Waals surface area contributed by atoms with Crippen LogP contribution in [0, 0.1) is 0 Å². The second-order valence-corrected chi connectivity index (χ2v) is 9.65. The molecule has 0 saturated heterocycles. The summed E-state index contributed by atoms with van der Waals surface area (Å²) in [6.07, 6.45) is -2.48. The zero-order valence-electron chi connectivity index (χ0n) is 22.1. The van der Waals surface area contributed by atoms with Crippen LogP contribution in [0.4, 0.5) is 29.3 Å². The number of hydrogen-bond donors (Lipinski definition) is 2. The van der Waals surface area contributed by atoms with Crippen LogP contribution < -0.4 is 29.6 Å². The first-order valence-electron chi connectivity index (χ1n) is 13.1. The lowest BCUT2D eigenvalue weighted by Gasteiger charge is -2.30. The average Bonchev–Trinajstić information content (AvgIpc) is 3.42. The lowest BCUT2D eigenvalue weighted by atomic mass is 9.98. The summed E-state index contributed by atoms with van der Waals surface area (Å²) in [5, 5.41) is 5.26. The largest absolute Gasteiger partial charge is 0.573 e. The summed E-state index contributed by atoms with van der Waals surface area (Å²) >= 11 is 0. The van der Waals surface area contributed by atoms with Crippen molar-refractivity contribution in [1.82, 2.24) is 9.88 Å². The predicted octanol–water partition coefficient (Wildman–Crippen LogP) is 6.70. The standard InChI is InChI=1S/C30H25F3N4O5/c31-30(32,33)42-22-9-7-21(8-10-22)35-29(38)36-24-4-2-13-34-28(24)41-25-5-1-3-20-17-37(14-12-23(20)25)16-19-6-11-26-27(15-19)40-18-39-26/h1-11,13,15H,12,14,16-18H2,(H2,35,36,38). The Morgan fingerprint density at radius 2 is 1.81 bits per heavy atom. The quantitative estimate of drug-likeness (QED) is 0.252. The van der Waals surface area contributed by atoms with Crippen molar-refractivity contribution in [2.45, 2.75) is 25.9 Å². The molecule has 3 heterocycles. The Labute approximate surface area is 238 Å². The molecule has 6 rings (SSSR count). The van der Waals surface area contributed by atoms with Crippen molar-refractivity contribution < 1.29 is 36.9 Å². The number of aromatic nitrogens is 1. The molecule has 9 nitrogen and oxygen atoms in total. The minimum Gasteiger partial charge on any atom is -0.454 e. The van der Waals surface area contributed by atoms with Crippen molar-refractivity contribution in [2.24, 2.45) is 0 Å². The molecule has 0 radical (unpaired) electrons. The molecule has 4 aromatic rings. The van der Waals surface area contributed by atoms with Crippen molar-refractivity contribution in [2.75, 3.05) is 24.0 Å². The van der Waals surface area contributed by atoms with Gasteiger partial charge < -0.3 is 29.6 Å². The fourth-order valence-corrected chi connectivity index (χ4v) is 4.86. The van der Waals surface area contributed by atoms with E-state index in [1.165, 1.54) is 12.1 Å². The molecule has 2 N–H and O–H groups in total. The number of anilines is 2. The zero-order valence-corrected chi connectivity index (χ0v) is 22.1. The molecular weight excluding hydrogens is 553 g/mol. The van der Waals surface area contributed by atoms with Crippen molar-refractivity contribution in [3.8, 4) is 28.9 Å². The molecule has 0 bridgehead atoms. The first-order valence-corrected chi connectivity index (χ1v) is 13.1. The number of halogens is 3. The predicted molar refractivity (Wildman–Crippen MR) is 147 cm³/mol. The molecule has 2 amide bonds. The van der Waals surface area contributed by atoms with Gasteiger partial charge in [0.15, 0.2) is 11.5 Å². The van der Waals surface area contributed by atoms with Gasteiger partial charge in [0.05, 0.1) is 0 Å². The molecule has 0 atom stereocenters. The van der Waals surface area contributed by atoms with Crippen molar-refractivity contribution in [1.29, 1.82) is 0 Å². The van der Waals surface area contributed by atoms with Gasteiger partial charge in [0.2, 0.25) is 12.7 Å². The molecular formula is C30H25F3N4O5. The van der Waals surface area contributed by atoms with Crippen LogP contribution in [-0.2, 0) is 19.5 Å². The first-order chi connectivity index (χ1) is 20.3. The van der Waals surface area contributed by atoms with Crippen LogP contribution in [0.15, 0.2) is 79.0 Å². The maximum Gasteiger partial charge on any atom is 0.573 e. The van der Waals surface area contributed by atoms with E-state index in [-0.39, 0.29) is 18.4 Å². The van der Waals surface area contributed by atoms with E-state index in [0.29, 0.717) is 11.4 Å². The van der Waals surface area contributed by atoms with E-state index in [0.717, 1.165) is 66.4 Å². The third-order valence-corrected chi connectivity index (χ3v) is 6.72. The number of rotatable bonds is 7. The van der Waals surface area contributed by atoms with Crippen molar-refractivity contribution in [3.05, 3.63) is 95.7 Å². The van der Waals surface area contributed by atoms with Gasteiger partial charge in [-0.25, -0.2) is 9.78 Å². The van der Waals surface area contributed by atoms with E-state index in [2.05, 4.69) is 31.3 Å². The fraction of sp³-hybridized carbons (Fsp3) is 0.200. The van der Waals surface area contributed by atoms with Gasteiger partial charge in [0.1, 0.15) is 17.2 Å². The third-order valence-electron chi connectivity index (χ3n) is 6.72. The number of ether oxygens (including phenoxy) is 4. The molecule has 0 aliphatic carbocycles. The van der Waals surface area contributed by atoms with Crippen LogP contribution >= 0.6 is 0 Å². The second-order valence-electron chi connectivity index (χ2n) is 9.65. The summed E-state index contributed by atoms with van der Waals surface area (Å²) in [5.74, 6) is 2.00. The van der Waals surface area contributed by atoms with Gasteiger partial charge in [0, 0.05) is 37.1 Å². The van der Waals surface area contributed by atoms with Gasteiger partial charge in [-0.05, 0) is 72.1 Å². The van der Waals surface area contributed by atoms with Crippen LogP contribution in [0.3, 0.4) is 0 Å². The molecule has 1 aromatic heterocycles. The van der Waals surface area contributed by atoms with E-state index >= 15 is 0 Å². The first kappa shape index (κ1) is 27.2. The van der Waals surface area contributed by atoms with Crippen molar-refractivity contribution in [3.63, 3.8) is 0 Å². The van der Waals surface area contributed by atoms with Gasteiger partial charge in [-0.2, -0.15) is 0 Å². The summed E-state index contributed by atoms with van der Waals surface area (Å²) < 4.78 is 58.1. The number of nitrogens with one attached hydrogen (secondary N) is 2. The fourth-order valence-electron chi connectivity index (χ4n) is 4.86. The third kappa shape index (κ3) is 6.50. The zero-order chi connectivity index (χ0) is 29.1. The molecule has 2 aliphatic heterocycles. The molecule has 0 unspecified atom stereocenters. The Hall–Kier alpha value is -4.97. The van der Waals surface area contributed by atoms with Crippen LogP contribution in [0.2, 0.25) is 0 Å². The average molecular weight is 579 g/mol. The number of carbonyl (C=O) groups is 1. The van der Waals surface area contributed by atoms with E-state index in [1.54, 1.807) is 18.3 Å². The number of carbonyl (C=O) groups excluding carboxylic acids is 1. The Bertz CT molecular complexity index is 1600. The number of benzene rings is 3. The maximum absolute atomic E-state index is 12.6. The van der Waals surface area contributed by atoms with Gasteiger partial charge in [-0.3, -0.25) is 4.90 Å². The number of hydrogen-bond acceptors (Lipinski definition) is 7. The molecule has 0 saturated carbocycles. The normalized spacial score (nSPS) is 14.2. The molecule has 3 aromatic carbocycles. The van der Waals surface area contributed by atoms with E-state index in [9.17, 15) is 18.0 Å². The number of fused-ring (bicyclic) bond motifs is 2. The Balaban J connectivity index is 1.10. The van der Waals surface area contributed by atoms with Gasteiger partial charge >= 0.3 is 12.4 Å². The van der Waals surface area contributed by atoms with E-state index in [4.69, 9.17) is 14.2 Å². The Kier molecular flexibility index (Phi) is 7.44. The SMILES string of the molecule is O=C(Nc1ccc(OC(F)(F)F)cc1)Nc1cccnc1Oc1cccc2c1CCN(Cc1ccc3c(c1)OCO3)C2. The minimum atomic E-state index is -4.80. The summed E-state index contributed by atoms with van der Waals surface area (Å²) in [4.78, 5) is 19.3.